The number of nitriles is 1. The fourth-order valence-corrected chi connectivity index (χ4v) is 2.56. The molecule has 0 aliphatic carbocycles. The molecule has 1 unspecified atom stereocenters. The smallest absolute Gasteiger partial charge is 0.222 e. The molecule has 6 heteroatoms. The highest BCUT2D eigenvalue weighted by Crippen LogP contribution is 2.28. The average Bonchev–Trinajstić information content (AvgIpc) is 2.96. The van der Waals surface area contributed by atoms with E-state index in [-0.39, 0.29) is 11.9 Å². The zero-order valence-electron chi connectivity index (χ0n) is 11.3. The van der Waals surface area contributed by atoms with Crippen LogP contribution in [-0.4, -0.2) is 29.1 Å². The van der Waals surface area contributed by atoms with Crippen LogP contribution in [0.2, 0.25) is 0 Å². The number of para-hydroxylation sites is 1. The predicted octanol–water partition coefficient (Wildman–Crippen LogP) is 2.18. The SMILES string of the molecule is N#Cc1cccc(F)c1N1CCC(Nc2ncccn2)C1. The van der Waals surface area contributed by atoms with Crippen molar-refractivity contribution in [2.45, 2.75) is 12.5 Å². The number of anilines is 2. The van der Waals surface area contributed by atoms with E-state index in [1.54, 1.807) is 30.6 Å². The highest BCUT2D eigenvalue weighted by molar-refractivity contribution is 5.61. The number of rotatable bonds is 3. The number of aromatic nitrogens is 2. The molecule has 0 amide bonds. The first-order valence-corrected chi connectivity index (χ1v) is 6.75. The number of hydrogen-bond acceptors (Lipinski definition) is 5. The van der Waals surface area contributed by atoms with E-state index in [0.29, 0.717) is 30.3 Å². The Bertz CT molecular complexity index is 668. The van der Waals surface area contributed by atoms with Gasteiger partial charge in [-0.2, -0.15) is 5.26 Å². The molecule has 0 radical (unpaired) electrons. The minimum Gasteiger partial charge on any atom is -0.366 e. The Balaban J connectivity index is 1.75. The molecule has 5 nitrogen and oxygen atoms in total. The van der Waals surface area contributed by atoms with E-state index >= 15 is 0 Å². The summed E-state index contributed by atoms with van der Waals surface area (Å²) in [5.74, 6) is 0.212. The molecule has 1 saturated heterocycles. The van der Waals surface area contributed by atoms with Crippen molar-refractivity contribution in [2.75, 3.05) is 23.3 Å². The lowest BCUT2D eigenvalue weighted by molar-refractivity contribution is 0.622. The van der Waals surface area contributed by atoms with Gasteiger partial charge in [-0.25, -0.2) is 14.4 Å². The van der Waals surface area contributed by atoms with Gasteiger partial charge >= 0.3 is 0 Å². The van der Waals surface area contributed by atoms with Gasteiger partial charge in [0.15, 0.2) is 0 Å². The largest absolute Gasteiger partial charge is 0.366 e. The fraction of sp³-hybridized carbons (Fsp3) is 0.267. The summed E-state index contributed by atoms with van der Waals surface area (Å²) in [6, 6.07) is 8.52. The molecule has 2 heterocycles. The lowest BCUT2D eigenvalue weighted by Crippen LogP contribution is -2.27. The normalized spacial score (nSPS) is 17.5. The summed E-state index contributed by atoms with van der Waals surface area (Å²) < 4.78 is 14.0. The number of nitrogens with zero attached hydrogens (tertiary/aromatic N) is 4. The first-order valence-electron chi connectivity index (χ1n) is 6.75. The van der Waals surface area contributed by atoms with E-state index in [9.17, 15) is 4.39 Å². The first kappa shape index (κ1) is 13.3. The molecular formula is C15H14FN5. The molecule has 1 fully saturated rings. The van der Waals surface area contributed by atoms with E-state index in [0.717, 1.165) is 6.42 Å². The van der Waals surface area contributed by atoms with Gasteiger partial charge in [-0.05, 0) is 24.6 Å². The quantitative estimate of drug-likeness (QED) is 0.935. The van der Waals surface area contributed by atoms with Crippen LogP contribution in [0.4, 0.5) is 16.0 Å². The minimum atomic E-state index is -0.356. The van der Waals surface area contributed by atoms with Crippen molar-refractivity contribution in [1.82, 2.24) is 9.97 Å². The lowest BCUT2D eigenvalue weighted by atomic mass is 10.1. The van der Waals surface area contributed by atoms with Crippen LogP contribution in [0.3, 0.4) is 0 Å². The van der Waals surface area contributed by atoms with Gasteiger partial charge in [0.2, 0.25) is 5.95 Å². The van der Waals surface area contributed by atoms with Gasteiger partial charge < -0.3 is 10.2 Å². The summed E-state index contributed by atoms with van der Waals surface area (Å²) in [5, 5.41) is 12.4. The van der Waals surface area contributed by atoms with Gasteiger partial charge in [0.25, 0.3) is 0 Å². The second-order valence-corrected chi connectivity index (χ2v) is 4.90. The highest BCUT2D eigenvalue weighted by atomic mass is 19.1. The Hall–Kier alpha value is -2.68. The maximum atomic E-state index is 14.0. The number of hydrogen-bond donors (Lipinski definition) is 1. The molecule has 0 spiro atoms. The van der Waals surface area contributed by atoms with E-state index in [4.69, 9.17) is 5.26 Å². The zero-order valence-corrected chi connectivity index (χ0v) is 11.3. The second-order valence-electron chi connectivity index (χ2n) is 4.90. The Morgan fingerprint density at radius 3 is 2.86 bits per heavy atom. The molecular weight excluding hydrogens is 269 g/mol. The van der Waals surface area contributed by atoms with Crippen molar-refractivity contribution >= 4 is 11.6 Å². The number of benzene rings is 1. The third-order valence-corrected chi connectivity index (χ3v) is 3.51. The Kier molecular flexibility index (Phi) is 3.65. The third-order valence-electron chi connectivity index (χ3n) is 3.51. The number of nitrogens with one attached hydrogen (secondary N) is 1. The van der Waals surface area contributed by atoms with E-state index in [2.05, 4.69) is 21.4 Å². The Morgan fingerprint density at radius 2 is 2.10 bits per heavy atom. The van der Waals surface area contributed by atoms with Crippen LogP contribution in [0.25, 0.3) is 0 Å². The summed E-state index contributed by atoms with van der Waals surface area (Å²) in [5.41, 5.74) is 0.755. The first-order chi connectivity index (χ1) is 10.3. The van der Waals surface area contributed by atoms with Crippen molar-refractivity contribution in [3.8, 4) is 6.07 Å². The molecule has 21 heavy (non-hydrogen) atoms. The van der Waals surface area contributed by atoms with Crippen LogP contribution in [-0.2, 0) is 0 Å². The summed E-state index contributed by atoms with van der Waals surface area (Å²) in [6.07, 6.45) is 4.19. The van der Waals surface area contributed by atoms with Gasteiger partial charge in [0, 0.05) is 31.5 Å². The van der Waals surface area contributed by atoms with Gasteiger partial charge in [-0.3, -0.25) is 0 Å². The average molecular weight is 283 g/mol. The van der Waals surface area contributed by atoms with Crippen molar-refractivity contribution in [2.24, 2.45) is 0 Å². The maximum absolute atomic E-state index is 14.0. The van der Waals surface area contributed by atoms with Crippen molar-refractivity contribution < 1.29 is 4.39 Å². The minimum absolute atomic E-state index is 0.138. The van der Waals surface area contributed by atoms with Gasteiger partial charge in [-0.1, -0.05) is 6.07 Å². The molecule has 1 N–H and O–H groups in total. The molecule has 106 valence electrons. The Morgan fingerprint density at radius 1 is 1.29 bits per heavy atom. The van der Waals surface area contributed by atoms with Gasteiger partial charge in [0.1, 0.15) is 11.9 Å². The van der Waals surface area contributed by atoms with Crippen molar-refractivity contribution in [3.05, 3.63) is 48.0 Å². The molecule has 1 atom stereocenters. The van der Waals surface area contributed by atoms with Crippen LogP contribution in [0.5, 0.6) is 0 Å². The molecule has 1 aromatic heterocycles. The molecule has 1 aliphatic rings. The molecule has 0 saturated carbocycles. The monoisotopic (exact) mass is 283 g/mol. The van der Waals surface area contributed by atoms with Gasteiger partial charge in [-0.15, -0.1) is 0 Å². The van der Waals surface area contributed by atoms with Crippen molar-refractivity contribution in [3.63, 3.8) is 0 Å². The van der Waals surface area contributed by atoms with E-state index in [1.165, 1.54) is 6.07 Å². The van der Waals surface area contributed by atoms with Crippen LogP contribution >= 0.6 is 0 Å². The fourth-order valence-electron chi connectivity index (χ4n) is 2.56. The molecule has 3 rings (SSSR count). The number of halogens is 1. The van der Waals surface area contributed by atoms with E-state index < -0.39 is 0 Å². The molecule has 1 aliphatic heterocycles. The van der Waals surface area contributed by atoms with Crippen LogP contribution in [0.1, 0.15) is 12.0 Å². The van der Waals surface area contributed by atoms with Crippen LogP contribution in [0, 0.1) is 17.1 Å². The lowest BCUT2D eigenvalue weighted by Gasteiger charge is -2.20. The molecule has 2 aromatic rings. The predicted molar refractivity (Wildman–Crippen MR) is 77.4 cm³/mol. The third kappa shape index (κ3) is 2.77. The topological polar surface area (TPSA) is 64.8 Å². The standard InChI is InChI=1S/C15H14FN5/c16-13-4-1-3-11(9-17)14(13)21-8-5-12(10-21)20-15-18-6-2-7-19-15/h1-4,6-7,12H,5,8,10H2,(H,18,19,20). The maximum Gasteiger partial charge on any atom is 0.222 e. The summed E-state index contributed by atoms with van der Waals surface area (Å²) >= 11 is 0. The highest BCUT2D eigenvalue weighted by Gasteiger charge is 2.26. The molecule has 0 bridgehead atoms. The van der Waals surface area contributed by atoms with Gasteiger partial charge in [0.05, 0.1) is 11.3 Å². The second kappa shape index (κ2) is 5.75. The summed E-state index contributed by atoms with van der Waals surface area (Å²) in [7, 11) is 0. The van der Waals surface area contributed by atoms with Crippen LogP contribution in [0.15, 0.2) is 36.7 Å². The molecule has 1 aromatic carbocycles. The van der Waals surface area contributed by atoms with Crippen molar-refractivity contribution in [1.29, 1.82) is 5.26 Å². The van der Waals surface area contributed by atoms with Crippen LogP contribution < -0.4 is 10.2 Å². The Labute approximate surface area is 122 Å². The summed E-state index contributed by atoms with van der Waals surface area (Å²) in [6.45, 7) is 1.31. The van der Waals surface area contributed by atoms with E-state index in [1.807, 2.05) is 4.90 Å². The summed E-state index contributed by atoms with van der Waals surface area (Å²) in [4.78, 5) is 10.1. The zero-order chi connectivity index (χ0) is 14.7.